The van der Waals surface area contributed by atoms with Crippen LogP contribution in [-0.4, -0.2) is 66.5 Å². The number of nitrogens with zero attached hydrogens (tertiary/aromatic N) is 5. The summed E-state index contributed by atoms with van der Waals surface area (Å²) in [5, 5.41) is 0. The minimum absolute atomic E-state index is 0.0366. The monoisotopic (exact) mass is 395 g/mol. The van der Waals surface area contributed by atoms with Crippen molar-refractivity contribution in [1.82, 2.24) is 14.9 Å². The molecule has 2 aliphatic heterocycles. The molecule has 1 atom stereocenters. The van der Waals surface area contributed by atoms with E-state index in [1.54, 1.807) is 30.6 Å². The first-order valence-corrected chi connectivity index (χ1v) is 9.81. The van der Waals surface area contributed by atoms with Crippen LogP contribution in [0.25, 0.3) is 0 Å². The average molecular weight is 395 g/mol. The molecule has 8 heteroatoms. The van der Waals surface area contributed by atoms with Crippen molar-refractivity contribution >= 4 is 23.3 Å². The van der Waals surface area contributed by atoms with Gasteiger partial charge >= 0.3 is 0 Å². The Morgan fingerprint density at radius 2 is 1.97 bits per heavy atom. The van der Waals surface area contributed by atoms with E-state index in [0.717, 1.165) is 17.1 Å². The molecule has 2 saturated heterocycles. The molecular weight excluding hydrogens is 370 g/mol. The molecule has 0 aliphatic carbocycles. The predicted molar refractivity (Wildman–Crippen MR) is 109 cm³/mol. The van der Waals surface area contributed by atoms with Crippen LogP contribution < -0.4 is 14.5 Å². The molecule has 2 aliphatic rings. The molecule has 0 saturated carbocycles. The molecule has 1 aromatic carbocycles. The Balaban J connectivity index is 1.41. The zero-order valence-corrected chi connectivity index (χ0v) is 16.7. The second-order valence-electron chi connectivity index (χ2n) is 7.46. The zero-order chi connectivity index (χ0) is 20.4. The highest BCUT2D eigenvalue weighted by molar-refractivity contribution is 6.01. The highest BCUT2D eigenvalue weighted by atomic mass is 16.5. The van der Waals surface area contributed by atoms with Crippen LogP contribution in [0.15, 0.2) is 36.8 Å². The van der Waals surface area contributed by atoms with Gasteiger partial charge in [-0.15, -0.1) is 0 Å². The average Bonchev–Trinajstić information content (AvgIpc) is 3.15. The maximum atomic E-state index is 13.1. The smallest absolute Gasteiger partial charge is 0.228 e. The van der Waals surface area contributed by atoms with Gasteiger partial charge in [-0.3, -0.25) is 14.6 Å². The SMILES string of the molecule is COc1ccc(C)cc1N1C[C@H](C(=O)N2CCN(c3cnccn3)CC2)CC1=O. The lowest BCUT2D eigenvalue weighted by molar-refractivity contribution is -0.136. The molecule has 8 nitrogen and oxygen atoms in total. The Kier molecular flexibility index (Phi) is 5.33. The van der Waals surface area contributed by atoms with E-state index < -0.39 is 0 Å². The van der Waals surface area contributed by atoms with Crippen molar-refractivity contribution in [3.8, 4) is 5.75 Å². The first-order valence-electron chi connectivity index (χ1n) is 9.81. The fourth-order valence-electron chi connectivity index (χ4n) is 3.99. The molecule has 3 heterocycles. The third-order valence-corrected chi connectivity index (χ3v) is 5.56. The van der Waals surface area contributed by atoms with Gasteiger partial charge in [-0.05, 0) is 24.6 Å². The fraction of sp³-hybridized carbons (Fsp3) is 0.429. The number of piperazine rings is 1. The highest BCUT2D eigenvalue weighted by Crippen LogP contribution is 2.34. The number of ether oxygens (including phenoxy) is 1. The lowest BCUT2D eigenvalue weighted by Crippen LogP contribution is -2.51. The normalized spacial score (nSPS) is 19.6. The molecule has 0 spiro atoms. The third kappa shape index (κ3) is 3.87. The molecular formula is C21H25N5O3. The Bertz CT molecular complexity index is 896. The van der Waals surface area contributed by atoms with Gasteiger partial charge in [-0.1, -0.05) is 6.07 Å². The molecule has 2 fully saturated rings. The Morgan fingerprint density at radius 3 is 2.66 bits per heavy atom. The molecule has 2 aromatic rings. The van der Waals surface area contributed by atoms with E-state index in [2.05, 4.69) is 14.9 Å². The van der Waals surface area contributed by atoms with Gasteiger partial charge in [0.05, 0.1) is 24.9 Å². The van der Waals surface area contributed by atoms with Gasteiger partial charge in [-0.2, -0.15) is 0 Å². The summed E-state index contributed by atoms with van der Waals surface area (Å²) in [5.74, 6) is 1.16. The first-order chi connectivity index (χ1) is 14.1. The quantitative estimate of drug-likeness (QED) is 0.781. The molecule has 2 amide bonds. The standard InChI is InChI=1S/C21H25N5O3/c1-15-3-4-18(29-2)17(11-15)26-14-16(12-20(26)27)21(28)25-9-7-24(8-10-25)19-13-22-5-6-23-19/h3-6,11,13,16H,7-10,12,14H2,1-2H3/t16-/m1/s1. The van der Waals surface area contributed by atoms with Crippen molar-refractivity contribution in [3.63, 3.8) is 0 Å². The van der Waals surface area contributed by atoms with Gasteiger partial charge in [0.2, 0.25) is 11.8 Å². The van der Waals surface area contributed by atoms with E-state index in [-0.39, 0.29) is 24.2 Å². The zero-order valence-electron chi connectivity index (χ0n) is 16.7. The number of methoxy groups -OCH3 is 1. The summed E-state index contributed by atoms with van der Waals surface area (Å²) >= 11 is 0. The third-order valence-electron chi connectivity index (χ3n) is 5.56. The van der Waals surface area contributed by atoms with Crippen LogP contribution in [-0.2, 0) is 9.59 Å². The predicted octanol–water partition coefficient (Wildman–Crippen LogP) is 1.50. The van der Waals surface area contributed by atoms with Gasteiger partial charge in [-0.25, -0.2) is 4.98 Å². The topological polar surface area (TPSA) is 78.9 Å². The number of carbonyl (C=O) groups excluding carboxylic acids is 2. The van der Waals surface area contributed by atoms with Crippen LogP contribution >= 0.6 is 0 Å². The molecule has 152 valence electrons. The molecule has 0 radical (unpaired) electrons. The molecule has 0 bridgehead atoms. The maximum absolute atomic E-state index is 13.1. The molecule has 4 rings (SSSR count). The van der Waals surface area contributed by atoms with Gasteiger partial charge in [0.1, 0.15) is 11.6 Å². The summed E-state index contributed by atoms with van der Waals surface area (Å²) in [6.45, 7) is 5.02. The number of rotatable bonds is 4. The van der Waals surface area contributed by atoms with Crippen LogP contribution in [0.5, 0.6) is 5.75 Å². The number of amides is 2. The van der Waals surface area contributed by atoms with Crippen molar-refractivity contribution in [1.29, 1.82) is 0 Å². The molecule has 0 unspecified atom stereocenters. The highest BCUT2D eigenvalue weighted by Gasteiger charge is 2.38. The Labute approximate surface area is 170 Å². The van der Waals surface area contributed by atoms with Crippen LogP contribution in [0.4, 0.5) is 11.5 Å². The second kappa shape index (κ2) is 8.06. The van der Waals surface area contributed by atoms with E-state index in [1.165, 1.54) is 0 Å². The number of hydrogen-bond donors (Lipinski definition) is 0. The molecule has 1 aromatic heterocycles. The number of anilines is 2. The second-order valence-corrected chi connectivity index (χ2v) is 7.46. The van der Waals surface area contributed by atoms with Crippen molar-refractivity contribution in [2.24, 2.45) is 5.92 Å². The van der Waals surface area contributed by atoms with Crippen molar-refractivity contribution < 1.29 is 14.3 Å². The van der Waals surface area contributed by atoms with E-state index in [9.17, 15) is 9.59 Å². The van der Waals surface area contributed by atoms with E-state index in [1.807, 2.05) is 30.0 Å². The van der Waals surface area contributed by atoms with E-state index in [4.69, 9.17) is 4.74 Å². The lowest BCUT2D eigenvalue weighted by Gasteiger charge is -2.36. The van der Waals surface area contributed by atoms with E-state index in [0.29, 0.717) is 38.5 Å². The number of aryl methyl sites for hydroxylation is 1. The minimum atomic E-state index is -0.323. The minimum Gasteiger partial charge on any atom is -0.495 e. The number of benzene rings is 1. The summed E-state index contributed by atoms with van der Waals surface area (Å²) in [7, 11) is 1.59. The maximum Gasteiger partial charge on any atom is 0.228 e. The fourth-order valence-corrected chi connectivity index (χ4v) is 3.99. The van der Waals surface area contributed by atoms with Crippen LogP contribution in [0, 0.1) is 12.8 Å². The molecule has 0 N–H and O–H groups in total. The van der Waals surface area contributed by atoms with Crippen LogP contribution in [0.3, 0.4) is 0 Å². The van der Waals surface area contributed by atoms with Crippen molar-refractivity contribution in [3.05, 3.63) is 42.4 Å². The Morgan fingerprint density at radius 1 is 1.17 bits per heavy atom. The summed E-state index contributed by atoms with van der Waals surface area (Å²) in [5.41, 5.74) is 1.78. The van der Waals surface area contributed by atoms with E-state index >= 15 is 0 Å². The summed E-state index contributed by atoms with van der Waals surface area (Å²) in [6, 6.07) is 5.74. The van der Waals surface area contributed by atoms with Crippen LogP contribution in [0.1, 0.15) is 12.0 Å². The van der Waals surface area contributed by atoms with Crippen LogP contribution in [0.2, 0.25) is 0 Å². The Hall–Kier alpha value is -3.16. The van der Waals surface area contributed by atoms with Gasteiger partial charge < -0.3 is 19.4 Å². The van der Waals surface area contributed by atoms with Gasteiger partial charge in [0.25, 0.3) is 0 Å². The number of aromatic nitrogens is 2. The van der Waals surface area contributed by atoms with Gasteiger partial charge in [0.15, 0.2) is 0 Å². The summed E-state index contributed by atoms with van der Waals surface area (Å²) < 4.78 is 5.42. The summed E-state index contributed by atoms with van der Waals surface area (Å²) in [6.07, 6.45) is 5.29. The largest absolute Gasteiger partial charge is 0.495 e. The number of hydrogen-bond acceptors (Lipinski definition) is 6. The molecule has 29 heavy (non-hydrogen) atoms. The van der Waals surface area contributed by atoms with Crippen molar-refractivity contribution in [2.75, 3.05) is 49.6 Å². The number of carbonyl (C=O) groups is 2. The van der Waals surface area contributed by atoms with Crippen molar-refractivity contribution in [2.45, 2.75) is 13.3 Å². The van der Waals surface area contributed by atoms with Gasteiger partial charge in [0, 0.05) is 51.5 Å². The lowest BCUT2D eigenvalue weighted by atomic mass is 10.1. The summed E-state index contributed by atoms with van der Waals surface area (Å²) in [4.78, 5) is 39.8. The first kappa shape index (κ1) is 19.2.